The summed E-state index contributed by atoms with van der Waals surface area (Å²) in [7, 11) is 1.92. The summed E-state index contributed by atoms with van der Waals surface area (Å²) in [5, 5.41) is 14.8. The van der Waals surface area contributed by atoms with Crippen molar-refractivity contribution in [2.75, 3.05) is 0 Å². The van der Waals surface area contributed by atoms with E-state index in [-0.39, 0.29) is 0 Å². The van der Waals surface area contributed by atoms with Crippen LogP contribution in [0.2, 0.25) is 0 Å². The predicted octanol–water partition coefficient (Wildman–Crippen LogP) is 3.63. The highest BCUT2D eigenvalue weighted by Gasteiger charge is 2.15. The molecule has 0 saturated carbocycles. The number of aliphatic hydroxyl groups excluding tert-OH is 1. The van der Waals surface area contributed by atoms with E-state index in [1.54, 1.807) is 0 Å². The number of aliphatic hydroxyl groups is 1. The molecule has 0 aliphatic heterocycles. The molecule has 0 aliphatic carbocycles. The second kappa shape index (κ2) is 6.37. The fourth-order valence-electron chi connectivity index (χ4n) is 2.01. The van der Waals surface area contributed by atoms with Gasteiger partial charge in [-0.2, -0.15) is 5.10 Å². The lowest BCUT2D eigenvalue weighted by Crippen LogP contribution is -2.07. The summed E-state index contributed by atoms with van der Waals surface area (Å²) in [6.07, 6.45) is 0.961. The average Bonchev–Trinajstić information content (AvgIpc) is 2.73. The van der Waals surface area contributed by atoms with Crippen molar-refractivity contribution >= 4 is 38.5 Å². The van der Waals surface area contributed by atoms with Crippen molar-refractivity contribution in [2.45, 2.75) is 25.9 Å². The van der Waals surface area contributed by atoms with E-state index < -0.39 is 6.10 Å². The fraction of sp³-hybridized carbons (Fsp3) is 0.357. The van der Waals surface area contributed by atoms with Crippen LogP contribution in [0.5, 0.6) is 0 Å². The first-order chi connectivity index (χ1) is 9.01. The van der Waals surface area contributed by atoms with E-state index in [0.29, 0.717) is 6.42 Å². The van der Waals surface area contributed by atoms with Gasteiger partial charge in [0, 0.05) is 27.2 Å². The van der Waals surface area contributed by atoms with E-state index in [0.717, 1.165) is 31.4 Å². The van der Waals surface area contributed by atoms with Gasteiger partial charge in [-0.25, -0.2) is 0 Å². The quantitative estimate of drug-likeness (QED) is 0.746. The minimum absolute atomic E-state index is 0.524. The molecular formula is C14H16BrIN2O. The van der Waals surface area contributed by atoms with Crippen LogP contribution in [0.3, 0.4) is 0 Å². The van der Waals surface area contributed by atoms with Gasteiger partial charge in [0.2, 0.25) is 0 Å². The largest absolute Gasteiger partial charge is 0.388 e. The van der Waals surface area contributed by atoms with Crippen LogP contribution in [0, 0.1) is 3.57 Å². The summed E-state index contributed by atoms with van der Waals surface area (Å²) >= 11 is 5.75. The topological polar surface area (TPSA) is 38.0 Å². The molecule has 19 heavy (non-hydrogen) atoms. The van der Waals surface area contributed by atoms with Crippen LogP contribution >= 0.6 is 38.5 Å². The Morgan fingerprint density at radius 3 is 2.79 bits per heavy atom. The molecule has 0 spiro atoms. The molecule has 1 atom stereocenters. The molecule has 1 N–H and O–H groups in total. The number of aromatic nitrogens is 2. The Labute approximate surface area is 135 Å². The molecule has 1 aromatic carbocycles. The monoisotopic (exact) mass is 434 g/mol. The molecule has 0 amide bonds. The molecule has 1 aromatic heterocycles. The van der Waals surface area contributed by atoms with Crippen LogP contribution in [0.1, 0.15) is 30.0 Å². The zero-order chi connectivity index (χ0) is 14.0. The average molecular weight is 435 g/mol. The van der Waals surface area contributed by atoms with E-state index in [1.807, 2.05) is 29.9 Å². The zero-order valence-corrected chi connectivity index (χ0v) is 14.6. The van der Waals surface area contributed by atoms with Crippen LogP contribution in [0.15, 0.2) is 28.7 Å². The summed E-state index contributed by atoms with van der Waals surface area (Å²) in [6, 6.07) is 8.05. The molecule has 0 saturated heterocycles. The first-order valence-corrected chi connectivity index (χ1v) is 8.03. The van der Waals surface area contributed by atoms with E-state index in [1.165, 1.54) is 0 Å². The Kier molecular flexibility index (Phi) is 5.03. The van der Waals surface area contributed by atoms with Gasteiger partial charge in [-0.3, -0.25) is 4.68 Å². The molecule has 0 fully saturated rings. The SMILES string of the molecule is CCc1cc(CC(O)c2cc(I)ccc2Br)n(C)n1. The van der Waals surface area contributed by atoms with Crippen LogP contribution < -0.4 is 0 Å². The minimum atomic E-state index is -0.524. The standard InChI is InChI=1S/C14H16BrIN2O/c1-3-10-7-11(18(2)17-10)8-14(19)12-6-9(16)4-5-13(12)15/h4-7,14,19H,3,8H2,1-2H3. The number of benzene rings is 1. The number of hydrogen-bond donors (Lipinski definition) is 1. The van der Waals surface area contributed by atoms with Crippen molar-refractivity contribution in [3.63, 3.8) is 0 Å². The predicted molar refractivity (Wildman–Crippen MR) is 88.1 cm³/mol. The maximum Gasteiger partial charge on any atom is 0.0856 e. The van der Waals surface area contributed by atoms with Gasteiger partial charge < -0.3 is 5.11 Å². The van der Waals surface area contributed by atoms with Gasteiger partial charge in [0.15, 0.2) is 0 Å². The summed E-state index contributed by atoms with van der Waals surface area (Å²) in [6.45, 7) is 2.08. The van der Waals surface area contributed by atoms with Crippen LogP contribution in [-0.4, -0.2) is 14.9 Å². The van der Waals surface area contributed by atoms with Crippen LogP contribution in [-0.2, 0) is 19.9 Å². The second-order valence-electron chi connectivity index (χ2n) is 4.49. The Balaban J connectivity index is 2.22. The lowest BCUT2D eigenvalue weighted by Gasteiger charge is -2.13. The van der Waals surface area contributed by atoms with E-state index in [9.17, 15) is 5.11 Å². The summed E-state index contributed by atoms with van der Waals surface area (Å²) in [5.41, 5.74) is 3.03. The van der Waals surface area contributed by atoms with Gasteiger partial charge in [0.25, 0.3) is 0 Å². The lowest BCUT2D eigenvalue weighted by molar-refractivity contribution is 0.175. The van der Waals surface area contributed by atoms with Crippen molar-refractivity contribution in [1.29, 1.82) is 0 Å². The molecule has 102 valence electrons. The van der Waals surface area contributed by atoms with Crippen molar-refractivity contribution in [2.24, 2.45) is 7.05 Å². The van der Waals surface area contributed by atoms with E-state index in [2.05, 4.69) is 56.6 Å². The number of rotatable bonds is 4. The molecule has 3 nitrogen and oxygen atoms in total. The highest BCUT2D eigenvalue weighted by atomic mass is 127. The maximum absolute atomic E-state index is 10.4. The molecule has 5 heteroatoms. The molecule has 2 rings (SSSR count). The van der Waals surface area contributed by atoms with Crippen molar-refractivity contribution in [1.82, 2.24) is 9.78 Å². The molecule has 0 aliphatic rings. The van der Waals surface area contributed by atoms with Crippen LogP contribution in [0.25, 0.3) is 0 Å². The number of halogens is 2. The molecule has 2 aromatic rings. The van der Waals surface area contributed by atoms with Gasteiger partial charge in [0.1, 0.15) is 0 Å². The smallest absolute Gasteiger partial charge is 0.0856 e. The van der Waals surface area contributed by atoms with Gasteiger partial charge in [-0.15, -0.1) is 0 Å². The molecule has 1 unspecified atom stereocenters. The Hall–Kier alpha value is -0.400. The number of aryl methyl sites for hydroxylation is 2. The normalized spacial score (nSPS) is 12.7. The highest BCUT2D eigenvalue weighted by Crippen LogP contribution is 2.27. The highest BCUT2D eigenvalue weighted by molar-refractivity contribution is 14.1. The molecule has 1 heterocycles. The second-order valence-corrected chi connectivity index (χ2v) is 6.59. The Morgan fingerprint density at radius 2 is 2.16 bits per heavy atom. The summed E-state index contributed by atoms with van der Waals surface area (Å²) in [4.78, 5) is 0. The van der Waals surface area contributed by atoms with Crippen molar-refractivity contribution in [3.05, 3.63) is 49.3 Å². The third-order valence-electron chi connectivity index (χ3n) is 3.11. The third kappa shape index (κ3) is 3.58. The Bertz CT molecular complexity index is 583. The van der Waals surface area contributed by atoms with Crippen molar-refractivity contribution < 1.29 is 5.11 Å². The molecule has 0 bridgehead atoms. The lowest BCUT2D eigenvalue weighted by atomic mass is 10.0. The molecule has 0 radical (unpaired) electrons. The maximum atomic E-state index is 10.4. The Morgan fingerprint density at radius 1 is 1.42 bits per heavy atom. The van der Waals surface area contributed by atoms with Gasteiger partial charge in [-0.1, -0.05) is 22.9 Å². The van der Waals surface area contributed by atoms with Crippen molar-refractivity contribution in [3.8, 4) is 0 Å². The van der Waals surface area contributed by atoms with E-state index in [4.69, 9.17) is 0 Å². The first kappa shape index (κ1) is 15.0. The fourth-order valence-corrected chi connectivity index (χ4v) is 3.04. The number of nitrogens with zero attached hydrogens (tertiary/aromatic N) is 2. The van der Waals surface area contributed by atoms with Gasteiger partial charge in [0.05, 0.1) is 11.8 Å². The number of hydrogen-bond acceptors (Lipinski definition) is 2. The third-order valence-corrected chi connectivity index (χ3v) is 4.50. The first-order valence-electron chi connectivity index (χ1n) is 6.16. The van der Waals surface area contributed by atoms with Gasteiger partial charge >= 0.3 is 0 Å². The van der Waals surface area contributed by atoms with Crippen LogP contribution in [0.4, 0.5) is 0 Å². The summed E-state index contributed by atoms with van der Waals surface area (Å²) in [5.74, 6) is 0. The van der Waals surface area contributed by atoms with E-state index >= 15 is 0 Å². The molecular weight excluding hydrogens is 419 g/mol. The summed E-state index contributed by atoms with van der Waals surface area (Å²) < 4.78 is 3.91. The zero-order valence-electron chi connectivity index (χ0n) is 10.9. The minimum Gasteiger partial charge on any atom is -0.388 e. The van der Waals surface area contributed by atoms with Gasteiger partial charge in [-0.05, 0) is 58.8 Å².